The lowest BCUT2D eigenvalue weighted by Gasteiger charge is -2.34. The molecule has 2 N–H and O–H groups in total. The third kappa shape index (κ3) is 4.85. The van der Waals surface area contributed by atoms with Crippen molar-refractivity contribution in [1.82, 2.24) is 10.2 Å². The highest BCUT2D eigenvalue weighted by molar-refractivity contribution is 5.97. The molecule has 134 valence electrons. The molecular weight excluding hydrogens is 347 g/mol. The molecule has 1 aromatic rings. The van der Waals surface area contributed by atoms with Gasteiger partial charge in [0.15, 0.2) is 0 Å². The van der Waals surface area contributed by atoms with Crippen LogP contribution in [-0.2, 0) is 11.0 Å². The second kappa shape index (κ2) is 7.85. The minimum atomic E-state index is -4.60. The number of nitrogens with one attached hydrogen (secondary N) is 2. The number of nitrogens with zero attached hydrogens (tertiary/aromatic N) is 1. The number of anilines is 1. The number of hydrogen-bond donors (Lipinski definition) is 2. The van der Waals surface area contributed by atoms with E-state index in [9.17, 15) is 22.8 Å². The summed E-state index contributed by atoms with van der Waals surface area (Å²) in [7, 11) is 0. The highest BCUT2D eigenvalue weighted by atomic mass is 35.5. The minimum Gasteiger partial charge on any atom is -0.333 e. The molecule has 0 unspecified atom stereocenters. The van der Waals surface area contributed by atoms with E-state index in [1.165, 1.54) is 17.9 Å². The molecule has 0 spiro atoms. The minimum absolute atomic E-state index is 0. The number of carbonyl (C=O) groups is 2. The van der Waals surface area contributed by atoms with E-state index in [2.05, 4.69) is 10.6 Å². The zero-order valence-corrected chi connectivity index (χ0v) is 14.1. The second-order valence-electron chi connectivity index (χ2n) is 5.53. The molecule has 1 saturated heterocycles. The van der Waals surface area contributed by atoms with Crippen LogP contribution in [-0.4, -0.2) is 42.4 Å². The molecule has 1 aliphatic heterocycles. The molecule has 24 heavy (non-hydrogen) atoms. The van der Waals surface area contributed by atoms with Crippen molar-refractivity contribution in [1.29, 1.82) is 0 Å². The normalized spacial score (nSPS) is 17.9. The van der Waals surface area contributed by atoms with Crippen LogP contribution in [0, 0.1) is 0 Å². The van der Waals surface area contributed by atoms with Gasteiger partial charge in [-0.3, -0.25) is 9.59 Å². The molecule has 1 heterocycles. The van der Waals surface area contributed by atoms with E-state index in [0.29, 0.717) is 19.6 Å². The quantitative estimate of drug-likeness (QED) is 0.846. The predicted octanol–water partition coefficient (Wildman–Crippen LogP) is 2.52. The van der Waals surface area contributed by atoms with Gasteiger partial charge >= 0.3 is 6.18 Å². The van der Waals surface area contributed by atoms with Gasteiger partial charge in [0.1, 0.15) is 0 Å². The van der Waals surface area contributed by atoms with Gasteiger partial charge in [-0.05, 0) is 25.1 Å². The molecule has 9 heteroatoms. The van der Waals surface area contributed by atoms with Crippen LogP contribution < -0.4 is 10.6 Å². The van der Waals surface area contributed by atoms with Gasteiger partial charge in [0.05, 0.1) is 5.56 Å². The number of halogens is 4. The Morgan fingerprint density at radius 2 is 1.96 bits per heavy atom. The molecule has 1 fully saturated rings. The van der Waals surface area contributed by atoms with Gasteiger partial charge in [-0.25, -0.2) is 0 Å². The zero-order valence-electron chi connectivity index (χ0n) is 13.2. The Balaban J connectivity index is 0.00000288. The monoisotopic (exact) mass is 365 g/mol. The summed E-state index contributed by atoms with van der Waals surface area (Å²) in [6.45, 7) is 4.62. The maximum Gasteiger partial charge on any atom is 0.416 e. The maximum absolute atomic E-state index is 13.0. The Morgan fingerprint density at radius 1 is 1.29 bits per heavy atom. The van der Waals surface area contributed by atoms with E-state index in [4.69, 9.17) is 0 Å². The van der Waals surface area contributed by atoms with E-state index in [0.717, 1.165) is 12.1 Å². The molecule has 2 rings (SSSR count). The molecule has 5 nitrogen and oxygen atoms in total. The van der Waals surface area contributed by atoms with Crippen molar-refractivity contribution in [2.24, 2.45) is 0 Å². The van der Waals surface area contributed by atoms with Crippen molar-refractivity contribution in [3.05, 3.63) is 29.3 Å². The fraction of sp³-hybridized carbons (Fsp3) is 0.467. The van der Waals surface area contributed by atoms with Crippen molar-refractivity contribution < 1.29 is 22.8 Å². The van der Waals surface area contributed by atoms with Gasteiger partial charge in [0, 0.05) is 43.9 Å². The van der Waals surface area contributed by atoms with Crippen LogP contribution >= 0.6 is 12.4 Å². The van der Waals surface area contributed by atoms with Crippen molar-refractivity contribution in [3.8, 4) is 0 Å². The number of alkyl halides is 3. The van der Waals surface area contributed by atoms with E-state index in [1.54, 1.807) is 0 Å². The second-order valence-corrected chi connectivity index (χ2v) is 5.53. The number of amides is 2. The number of benzene rings is 1. The Kier molecular flexibility index (Phi) is 6.62. The molecule has 0 aromatic heterocycles. The van der Waals surface area contributed by atoms with Gasteiger partial charge in [0.25, 0.3) is 5.91 Å². The first-order valence-corrected chi connectivity index (χ1v) is 7.20. The first-order valence-electron chi connectivity index (χ1n) is 7.20. The average molecular weight is 366 g/mol. The van der Waals surface area contributed by atoms with Crippen LogP contribution in [0.3, 0.4) is 0 Å². The van der Waals surface area contributed by atoms with Crippen LogP contribution in [0.15, 0.2) is 18.2 Å². The highest BCUT2D eigenvalue weighted by Crippen LogP contribution is 2.32. The van der Waals surface area contributed by atoms with E-state index in [1.807, 2.05) is 6.92 Å². The Labute approximate surface area is 144 Å². The standard InChI is InChI=1S/C15H18F3N3O2.ClH/c1-9-8-19-3-4-21(9)14(23)11-5-12(15(16,17)18)7-13(6-11)20-10(2)22;/h5-7,9,19H,3-4,8H2,1-2H3,(H,20,22);1H/t9-;/m1./s1. The first kappa shape index (κ1) is 20.2. The van der Waals surface area contributed by atoms with Crippen LogP contribution in [0.1, 0.15) is 29.8 Å². The molecular formula is C15H19ClF3N3O2. The molecule has 0 bridgehead atoms. The number of rotatable bonds is 2. The lowest BCUT2D eigenvalue weighted by atomic mass is 10.1. The van der Waals surface area contributed by atoms with Gasteiger partial charge in [-0.2, -0.15) is 13.2 Å². The smallest absolute Gasteiger partial charge is 0.333 e. The summed E-state index contributed by atoms with van der Waals surface area (Å²) < 4.78 is 39.1. The Morgan fingerprint density at radius 3 is 2.50 bits per heavy atom. The van der Waals surface area contributed by atoms with Gasteiger partial charge in [0.2, 0.25) is 5.91 Å². The molecule has 0 saturated carbocycles. The van der Waals surface area contributed by atoms with E-state index >= 15 is 0 Å². The third-order valence-electron chi connectivity index (χ3n) is 3.59. The summed E-state index contributed by atoms with van der Waals surface area (Å²) in [5, 5.41) is 5.42. The van der Waals surface area contributed by atoms with Crippen LogP contribution in [0.2, 0.25) is 0 Å². The first-order chi connectivity index (χ1) is 10.7. The SMILES string of the molecule is CC(=O)Nc1cc(C(=O)N2CCNC[C@H]2C)cc(C(F)(F)F)c1.Cl. The number of hydrogen-bond acceptors (Lipinski definition) is 3. The van der Waals surface area contributed by atoms with Gasteiger partial charge in [-0.15, -0.1) is 12.4 Å². The summed E-state index contributed by atoms with van der Waals surface area (Å²) >= 11 is 0. The van der Waals surface area contributed by atoms with Crippen molar-refractivity contribution in [3.63, 3.8) is 0 Å². The summed E-state index contributed by atoms with van der Waals surface area (Å²) in [5.41, 5.74) is -1.09. The van der Waals surface area contributed by atoms with Crippen LogP contribution in [0.4, 0.5) is 18.9 Å². The summed E-state index contributed by atoms with van der Waals surface area (Å²) in [6.07, 6.45) is -4.60. The summed E-state index contributed by atoms with van der Waals surface area (Å²) in [4.78, 5) is 25.2. The molecule has 1 aromatic carbocycles. The molecule has 1 atom stereocenters. The third-order valence-corrected chi connectivity index (χ3v) is 3.59. The maximum atomic E-state index is 13.0. The van der Waals surface area contributed by atoms with Crippen LogP contribution in [0.5, 0.6) is 0 Å². The lowest BCUT2D eigenvalue weighted by molar-refractivity contribution is -0.137. The topological polar surface area (TPSA) is 61.4 Å². The van der Waals surface area contributed by atoms with Crippen molar-refractivity contribution >= 4 is 29.9 Å². The lowest BCUT2D eigenvalue weighted by Crippen LogP contribution is -2.52. The van der Waals surface area contributed by atoms with Crippen molar-refractivity contribution in [2.75, 3.05) is 25.0 Å². The summed E-state index contributed by atoms with van der Waals surface area (Å²) in [6, 6.07) is 2.80. The predicted molar refractivity (Wildman–Crippen MR) is 86.4 cm³/mol. The zero-order chi connectivity index (χ0) is 17.2. The van der Waals surface area contributed by atoms with Crippen molar-refractivity contribution in [2.45, 2.75) is 26.1 Å². The average Bonchev–Trinajstić information content (AvgIpc) is 2.45. The van der Waals surface area contributed by atoms with Gasteiger partial charge in [-0.1, -0.05) is 0 Å². The van der Waals surface area contributed by atoms with Gasteiger partial charge < -0.3 is 15.5 Å². The fourth-order valence-corrected chi connectivity index (χ4v) is 2.50. The Hall–Kier alpha value is -1.80. The molecule has 2 amide bonds. The summed E-state index contributed by atoms with van der Waals surface area (Å²) in [5.74, 6) is -0.977. The van der Waals surface area contributed by atoms with E-state index in [-0.39, 0.29) is 29.7 Å². The molecule has 1 aliphatic rings. The highest BCUT2D eigenvalue weighted by Gasteiger charge is 2.33. The molecule has 0 aliphatic carbocycles. The fourth-order valence-electron chi connectivity index (χ4n) is 2.50. The van der Waals surface area contributed by atoms with E-state index < -0.39 is 23.6 Å². The Bertz CT molecular complexity index is 622. The number of carbonyl (C=O) groups excluding carboxylic acids is 2. The number of piperazine rings is 1. The largest absolute Gasteiger partial charge is 0.416 e. The van der Waals surface area contributed by atoms with Crippen LogP contribution in [0.25, 0.3) is 0 Å². The molecule has 0 radical (unpaired) electrons.